The lowest BCUT2D eigenvalue weighted by Crippen LogP contribution is -2.17. The highest BCUT2D eigenvalue weighted by atomic mass is 35.5. The van der Waals surface area contributed by atoms with Crippen LogP contribution in [0.2, 0.25) is 0 Å². The lowest BCUT2D eigenvalue weighted by atomic mass is 10.0. The molecule has 0 aliphatic carbocycles. The molecule has 1 fully saturated rings. The number of hydrogen-bond acceptors (Lipinski definition) is 1. The second-order valence-corrected chi connectivity index (χ2v) is 3.58. The van der Waals surface area contributed by atoms with Gasteiger partial charge in [-0.25, -0.2) is 0 Å². The van der Waals surface area contributed by atoms with Crippen LogP contribution in [-0.2, 0) is 4.74 Å². The van der Waals surface area contributed by atoms with Crippen molar-refractivity contribution in [1.82, 2.24) is 0 Å². The quantitative estimate of drug-likeness (QED) is 0.567. The van der Waals surface area contributed by atoms with E-state index < -0.39 is 0 Å². The average molecular weight is 163 g/mol. The maximum absolute atomic E-state index is 5.65. The molecule has 1 nitrogen and oxygen atoms in total. The van der Waals surface area contributed by atoms with Gasteiger partial charge in [0.25, 0.3) is 0 Å². The lowest BCUT2D eigenvalue weighted by molar-refractivity contribution is 0.0305. The highest BCUT2D eigenvalue weighted by Gasteiger charge is 2.26. The molecule has 0 spiro atoms. The monoisotopic (exact) mass is 162 g/mol. The third-order valence-electron chi connectivity index (χ3n) is 2.06. The molecule has 0 bridgehead atoms. The molecule has 0 saturated carbocycles. The summed E-state index contributed by atoms with van der Waals surface area (Å²) in [5, 5.41) is 0. The van der Waals surface area contributed by atoms with Gasteiger partial charge < -0.3 is 4.74 Å². The molecule has 1 saturated heterocycles. The summed E-state index contributed by atoms with van der Waals surface area (Å²) < 4.78 is 5.64. The Morgan fingerprint density at radius 2 is 2.20 bits per heavy atom. The van der Waals surface area contributed by atoms with Gasteiger partial charge in [-0.2, -0.15) is 0 Å². The van der Waals surface area contributed by atoms with Crippen LogP contribution >= 0.6 is 11.6 Å². The van der Waals surface area contributed by atoms with Gasteiger partial charge >= 0.3 is 0 Å². The number of halogens is 1. The van der Waals surface area contributed by atoms with Crippen molar-refractivity contribution in [3.8, 4) is 0 Å². The van der Waals surface area contributed by atoms with E-state index in [1.54, 1.807) is 0 Å². The van der Waals surface area contributed by atoms with Crippen molar-refractivity contribution in [3.63, 3.8) is 0 Å². The van der Waals surface area contributed by atoms with E-state index in [9.17, 15) is 0 Å². The second-order valence-electron chi connectivity index (χ2n) is 3.27. The third kappa shape index (κ3) is 1.86. The fourth-order valence-electron chi connectivity index (χ4n) is 1.34. The zero-order valence-electron chi connectivity index (χ0n) is 6.64. The number of rotatable bonds is 2. The number of hydrogen-bond donors (Lipinski definition) is 0. The maximum Gasteiger partial charge on any atom is 0.0715 e. The minimum atomic E-state index is 0.328. The summed E-state index contributed by atoms with van der Waals surface area (Å²) in [6.45, 7) is 4.39. The van der Waals surface area contributed by atoms with Crippen LogP contribution in [0.4, 0.5) is 0 Å². The topological polar surface area (TPSA) is 9.23 Å². The Bertz CT molecular complexity index is 103. The summed E-state index contributed by atoms with van der Waals surface area (Å²) in [6, 6.07) is 0. The molecule has 60 valence electrons. The van der Waals surface area contributed by atoms with Gasteiger partial charge in [-0.3, -0.25) is 0 Å². The highest BCUT2D eigenvalue weighted by molar-refractivity contribution is 6.18. The zero-order chi connectivity index (χ0) is 7.56. The normalized spacial score (nSPS) is 33.6. The summed E-state index contributed by atoms with van der Waals surface area (Å²) in [7, 11) is 0. The van der Waals surface area contributed by atoms with E-state index >= 15 is 0 Å². The van der Waals surface area contributed by atoms with E-state index in [1.165, 1.54) is 6.42 Å². The molecule has 2 heteroatoms. The Kier molecular flexibility index (Phi) is 2.99. The third-order valence-corrected chi connectivity index (χ3v) is 2.40. The summed E-state index contributed by atoms with van der Waals surface area (Å²) in [4.78, 5) is 0. The van der Waals surface area contributed by atoms with Gasteiger partial charge in [-0.15, -0.1) is 11.6 Å². The van der Waals surface area contributed by atoms with Crippen molar-refractivity contribution >= 4 is 11.6 Å². The Morgan fingerprint density at radius 3 is 2.50 bits per heavy atom. The minimum absolute atomic E-state index is 0.328. The zero-order valence-corrected chi connectivity index (χ0v) is 7.40. The molecule has 0 radical (unpaired) electrons. The maximum atomic E-state index is 5.65. The molecule has 0 N–H and O–H groups in total. The van der Waals surface area contributed by atoms with E-state index in [0.29, 0.717) is 24.0 Å². The van der Waals surface area contributed by atoms with Gasteiger partial charge in [0.15, 0.2) is 0 Å². The average Bonchev–Trinajstić information content (AvgIpc) is 2.34. The Morgan fingerprint density at radius 1 is 1.50 bits per heavy atom. The molecule has 1 aliphatic rings. The molecule has 1 rings (SSSR count). The van der Waals surface area contributed by atoms with Crippen LogP contribution in [0.3, 0.4) is 0 Å². The minimum Gasteiger partial charge on any atom is -0.373 e. The van der Waals surface area contributed by atoms with Crippen LogP contribution in [0, 0.1) is 5.92 Å². The Hall–Kier alpha value is 0.250. The molecule has 0 aromatic rings. The molecule has 1 aliphatic heterocycles. The fourth-order valence-corrected chi connectivity index (χ4v) is 1.56. The predicted octanol–water partition coefficient (Wildman–Crippen LogP) is 2.43. The molecular weight excluding hydrogens is 148 g/mol. The Balaban J connectivity index is 2.28. The van der Waals surface area contributed by atoms with Crippen LogP contribution in [0.5, 0.6) is 0 Å². The van der Waals surface area contributed by atoms with E-state index in [4.69, 9.17) is 16.3 Å². The fraction of sp³-hybridized carbons (Fsp3) is 1.00. The predicted molar refractivity (Wildman–Crippen MR) is 43.5 cm³/mol. The van der Waals surface area contributed by atoms with E-state index in [1.807, 2.05) is 0 Å². The van der Waals surface area contributed by atoms with Crippen LogP contribution in [0.15, 0.2) is 0 Å². The van der Waals surface area contributed by atoms with Crippen molar-refractivity contribution < 1.29 is 4.74 Å². The Labute approximate surface area is 67.7 Å². The van der Waals surface area contributed by atoms with Crippen LogP contribution in [0.1, 0.15) is 26.7 Å². The summed E-state index contributed by atoms with van der Waals surface area (Å²) >= 11 is 5.65. The largest absolute Gasteiger partial charge is 0.373 e. The van der Waals surface area contributed by atoms with Gasteiger partial charge in [0.1, 0.15) is 0 Å². The summed E-state index contributed by atoms with van der Waals surface area (Å²) in [5.74, 6) is 1.30. The molecule has 0 aromatic carbocycles. The summed E-state index contributed by atoms with van der Waals surface area (Å²) in [5.41, 5.74) is 0. The van der Waals surface area contributed by atoms with Crippen LogP contribution in [0.25, 0.3) is 0 Å². The molecule has 0 unspecified atom stereocenters. The number of ether oxygens (including phenoxy) is 1. The van der Waals surface area contributed by atoms with Crippen molar-refractivity contribution in [1.29, 1.82) is 0 Å². The number of alkyl halides is 1. The lowest BCUT2D eigenvalue weighted by Gasteiger charge is -2.14. The molecular formula is C8H15ClO. The van der Waals surface area contributed by atoms with E-state index in [0.717, 1.165) is 6.42 Å². The van der Waals surface area contributed by atoms with Gasteiger partial charge in [0.2, 0.25) is 0 Å². The molecule has 0 aromatic heterocycles. The SMILES string of the molecule is CC(C)[C@H]1CC[C@@H](CCl)O1. The second kappa shape index (κ2) is 3.59. The van der Waals surface area contributed by atoms with E-state index in [2.05, 4.69) is 13.8 Å². The first kappa shape index (κ1) is 8.35. The first-order valence-corrected chi connectivity index (χ1v) is 4.49. The summed E-state index contributed by atoms with van der Waals surface area (Å²) in [6.07, 6.45) is 3.12. The standard InChI is InChI=1S/C8H15ClO/c1-6(2)8-4-3-7(5-9)10-8/h6-8H,3-5H2,1-2H3/t7-,8+/m0/s1. The van der Waals surface area contributed by atoms with Gasteiger partial charge in [0.05, 0.1) is 12.2 Å². The van der Waals surface area contributed by atoms with Crippen molar-refractivity contribution in [3.05, 3.63) is 0 Å². The van der Waals surface area contributed by atoms with Gasteiger partial charge in [-0.1, -0.05) is 13.8 Å². The molecule has 1 heterocycles. The van der Waals surface area contributed by atoms with E-state index in [-0.39, 0.29) is 0 Å². The molecule has 0 amide bonds. The van der Waals surface area contributed by atoms with Gasteiger partial charge in [-0.05, 0) is 18.8 Å². The van der Waals surface area contributed by atoms with Crippen LogP contribution in [-0.4, -0.2) is 18.1 Å². The smallest absolute Gasteiger partial charge is 0.0715 e. The molecule has 10 heavy (non-hydrogen) atoms. The first-order valence-electron chi connectivity index (χ1n) is 3.95. The van der Waals surface area contributed by atoms with Crippen molar-refractivity contribution in [2.24, 2.45) is 5.92 Å². The van der Waals surface area contributed by atoms with Gasteiger partial charge in [0, 0.05) is 5.88 Å². The highest BCUT2D eigenvalue weighted by Crippen LogP contribution is 2.25. The van der Waals surface area contributed by atoms with Crippen LogP contribution < -0.4 is 0 Å². The van der Waals surface area contributed by atoms with Crippen molar-refractivity contribution in [2.75, 3.05) is 5.88 Å². The van der Waals surface area contributed by atoms with Crippen molar-refractivity contribution in [2.45, 2.75) is 38.9 Å². The molecule has 2 atom stereocenters. The first-order chi connectivity index (χ1) is 4.74.